The lowest BCUT2D eigenvalue weighted by Crippen LogP contribution is -2.32. The number of hydrogen-bond acceptors (Lipinski definition) is 2. The Morgan fingerprint density at radius 2 is 0.700 bits per heavy atom. The van der Waals surface area contributed by atoms with Gasteiger partial charge in [0.25, 0.3) is 0 Å². The summed E-state index contributed by atoms with van der Waals surface area (Å²) in [5.74, 6) is 2.14. The molecule has 0 saturated carbocycles. The highest BCUT2D eigenvalue weighted by Crippen LogP contribution is 2.39. The molecule has 0 atom stereocenters. The average Bonchev–Trinajstić information content (AvgIpc) is 2.25. The molecule has 1 aromatic rings. The molecule has 0 aliphatic rings. The van der Waals surface area contributed by atoms with Crippen molar-refractivity contribution in [3.8, 4) is 11.5 Å². The quantitative estimate of drug-likeness (QED) is 0.698. The third-order valence-corrected chi connectivity index (χ3v) is 4.94. The van der Waals surface area contributed by atoms with E-state index < -0.39 is 16.6 Å². The standard InChI is InChI=1S/C16H30O2Si2/c1-11-12(2)16(18-20(8,9)10)14(4)13(3)15(11)17-19(5,6)7/h1-10H3. The summed E-state index contributed by atoms with van der Waals surface area (Å²) >= 11 is 0. The Morgan fingerprint density at radius 3 is 0.850 bits per heavy atom. The summed E-state index contributed by atoms with van der Waals surface area (Å²) in [6.45, 7) is 21.9. The third-order valence-electron chi connectivity index (χ3n) is 3.30. The van der Waals surface area contributed by atoms with Crippen molar-refractivity contribution in [2.24, 2.45) is 0 Å². The number of benzene rings is 1. The second kappa shape index (κ2) is 5.56. The molecule has 0 bridgehead atoms. The van der Waals surface area contributed by atoms with Gasteiger partial charge in [0.15, 0.2) is 0 Å². The van der Waals surface area contributed by atoms with Gasteiger partial charge < -0.3 is 8.85 Å². The third kappa shape index (κ3) is 4.12. The first-order valence-corrected chi connectivity index (χ1v) is 14.1. The minimum Gasteiger partial charge on any atom is -0.544 e. The number of hydrogen-bond donors (Lipinski definition) is 0. The molecular weight excluding hydrogens is 280 g/mol. The van der Waals surface area contributed by atoms with E-state index in [9.17, 15) is 0 Å². The second-order valence-electron chi connectivity index (χ2n) is 7.59. The normalized spacial score (nSPS) is 12.5. The van der Waals surface area contributed by atoms with Crippen LogP contribution in [0.3, 0.4) is 0 Å². The van der Waals surface area contributed by atoms with Crippen molar-refractivity contribution in [2.45, 2.75) is 67.0 Å². The van der Waals surface area contributed by atoms with Gasteiger partial charge in [0, 0.05) is 0 Å². The minimum atomic E-state index is -1.60. The molecule has 2 nitrogen and oxygen atoms in total. The van der Waals surface area contributed by atoms with Crippen LogP contribution in [-0.2, 0) is 0 Å². The molecule has 0 fully saturated rings. The molecular formula is C16H30O2Si2. The number of rotatable bonds is 4. The van der Waals surface area contributed by atoms with Crippen LogP contribution >= 0.6 is 0 Å². The fourth-order valence-electron chi connectivity index (χ4n) is 2.16. The molecule has 0 aliphatic carbocycles. The van der Waals surface area contributed by atoms with Gasteiger partial charge in [-0.15, -0.1) is 0 Å². The monoisotopic (exact) mass is 310 g/mol. The maximum absolute atomic E-state index is 6.30. The maximum atomic E-state index is 6.30. The van der Waals surface area contributed by atoms with Crippen LogP contribution in [-0.4, -0.2) is 16.6 Å². The largest absolute Gasteiger partial charge is 0.544 e. The Morgan fingerprint density at radius 1 is 0.500 bits per heavy atom. The maximum Gasteiger partial charge on any atom is 0.242 e. The van der Waals surface area contributed by atoms with Gasteiger partial charge in [-0.2, -0.15) is 0 Å². The Bertz CT molecular complexity index is 433. The molecule has 0 heterocycles. The molecule has 0 radical (unpaired) electrons. The van der Waals surface area contributed by atoms with Gasteiger partial charge in [-0.25, -0.2) is 0 Å². The van der Waals surface area contributed by atoms with Crippen molar-refractivity contribution in [3.05, 3.63) is 22.3 Å². The Labute approximate surface area is 126 Å². The zero-order chi connectivity index (χ0) is 15.9. The van der Waals surface area contributed by atoms with Crippen LogP contribution in [0.25, 0.3) is 0 Å². The van der Waals surface area contributed by atoms with Gasteiger partial charge in [0.1, 0.15) is 11.5 Å². The fourth-order valence-corrected chi connectivity index (χ4v) is 4.00. The molecule has 0 amide bonds. The van der Waals surface area contributed by atoms with Crippen molar-refractivity contribution < 1.29 is 8.85 Å². The van der Waals surface area contributed by atoms with Crippen LogP contribution in [0.15, 0.2) is 0 Å². The first-order chi connectivity index (χ1) is 8.83. The average molecular weight is 311 g/mol. The Balaban J connectivity index is 3.42. The van der Waals surface area contributed by atoms with Gasteiger partial charge >= 0.3 is 0 Å². The molecule has 1 rings (SSSR count). The summed E-state index contributed by atoms with van der Waals surface area (Å²) in [5, 5.41) is 0. The van der Waals surface area contributed by atoms with Crippen molar-refractivity contribution in [1.82, 2.24) is 0 Å². The van der Waals surface area contributed by atoms with Crippen molar-refractivity contribution in [1.29, 1.82) is 0 Å². The van der Waals surface area contributed by atoms with Crippen molar-refractivity contribution in [3.63, 3.8) is 0 Å². The molecule has 114 valence electrons. The summed E-state index contributed by atoms with van der Waals surface area (Å²) in [6, 6.07) is 0. The highest BCUT2D eigenvalue weighted by atomic mass is 28.4. The summed E-state index contributed by atoms with van der Waals surface area (Å²) in [4.78, 5) is 0. The van der Waals surface area contributed by atoms with Crippen LogP contribution in [0.5, 0.6) is 11.5 Å². The lowest BCUT2D eigenvalue weighted by atomic mass is 9.99. The lowest BCUT2D eigenvalue weighted by Gasteiger charge is -2.29. The minimum absolute atomic E-state index is 1.07. The zero-order valence-electron chi connectivity index (χ0n) is 14.8. The Hall–Kier alpha value is -0.746. The summed E-state index contributed by atoms with van der Waals surface area (Å²) < 4.78 is 12.6. The smallest absolute Gasteiger partial charge is 0.242 e. The molecule has 0 unspecified atom stereocenters. The molecule has 1 aromatic carbocycles. The highest BCUT2D eigenvalue weighted by molar-refractivity contribution is 6.70. The molecule has 0 aromatic heterocycles. The SMILES string of the molecule is Cc1c(C)c(O[Si](C)(C)C)c(C)c(C)c1O[Si](C)(C)C. The van der Waals surface area contributed by atoms with Gasteiger partial charge in [-0.3, -0.25) is 0 Å². The first kappa shape index (κ1) is 17.3. The summed E-state index contributed by atoms with van der Waals surface area (Å²) in [7, 11) is -3.21. The van der Waals surface area contributed by atoms with Crippen LogP contribution < -0.4 is 8.85 Å². The van der Waals surface area contributed by atoms with E-state index in [-0.39, 0.29) is 0 Å². The first-order valence-electron chi connectivity index (χ1n) is 7.32. The predicted molar refractivity (Wildman–Crippen MR) is 93.3 cm³/mol. The second-order valence-corrected chi connectivity index (χ2v) is 16.4. The van der Waals surface area contributed by atoms with E-state index >= 15 is 0 Å². The van der Waals surface area contributed by atoms with E-state index in [4.69, 9.17) is 8.85 Å². The lowest BCUT2D eigenvalue weighted by molar-refractivity contribution is 0.526. The Kier molecular flexibility index (Phi) is 4.81. The summed E-state index contributed by atoms with van der Waals surface area (Å²) in [6.07, 6.45) is 0. The fraction of sp³-hybridized carbons (Fsp3) is 0.625. The van der Waals surface area contributed by atoms with E-state index in [1.807, 2.05) is 0 Å². The van der Waals surface area contributed by atoms with E-state index in [1.54, 1.807) is 0 Å². The molecule has 0 N–H and O–H groups in total. The molecule has 20 heavy (non-hydrogen) atoms. The van der Waals surface area contributed by atoms with Crippen LogP contribution in [0, 0.1) is 27.7 Å². The van der Waals surface area contributed by atoms with Crippen LogP contribution in [0.2, 0.25) is 39.3 Å². The highest BCUT2D eigenvalue weighted by Gasteiger charge is 2.25. The summed E-state index contributed by atoms with van der Waals surface area (Å²) in [5.41, 5.74) is 4.90. The van der Waals surface area contributed by atoms with Crippen LogP contribution in [0.1, 0.15) is 22.3 Å². The molecule has 0 aliphatic heterocycles. The predicted octanol–water partition coefficient (Wildman–Crippen LogP) is 5.35. The van der Waals surface area contributed by atoms with Crippen LogP contribution in [0.4, 0.5) is 0 Å². The van der Waals surface area contributed by atoms with Crippen molar-refractivity contribution >= 4 is 16.6 Å². The molecule has 4 heteroatoms. The van der Waals surface area contributed by atoms with Gasteiger partial charge in [0.05, 0.1) is 0 Å². The van der Waals surface area contributed by atoms with Gasteiger partial charge in [0.2, 0.25) is 16.6 Å². The van der Waals surface area contributed by atoms with Gasteiger partial charge in [-0.05, 0) is 89.2 Å². The topological polar surface area (TPSA) is 18.5 Å². The van der Waals surface area contributed by atoms with Crippen molar-refractivity contribution in [2.75, 3.05) is 0 Å². The van der Waals surface area contributed by atoms with E-state index in [1.165, 1.54) is 22.3 Å². The van der Waals surface area contributed by atoms with E-state index in [0.29, 0.717) is 0 Å². The van der Waals surface area contributed by atoms with E-state index in [0.717, 1.165) is 11.5 Å². The van der Waals surface area contributed by atoms with Gasteiger partial charge in [-0.1, -0.05) is 0 Å². The molecule has 0 spiro atoms. The van der Waals surface area contributed by atoms with E-state index in [2.05, 4.69) is 67.0 Å². The zero-order valence-corrected chi connectivity index (χ0v) is 16.8. The molecule has 0 saturated heterocycles.